The Hall–Kier alpha value is -1.32. The van der Waals surface area contributed by atoms with Gasteiger partial charge in [0.15, 0.2) is 0 Å². The number of carboxylic acid groups (broad SMARTS) is 2. The van der Waals surface area contributed by atoms with Crippen LogP contribution in [0.1, 0.15) is 19.3 Å². The lowest BCUT2D eigenvalue weighted by atomic mass is 10.2. The number of hydrogen-bond donors (Lipinski definition) is 2. The summed E-state index contributed by atoms with van der Waals surface area (Å²) < 4.78 is 0. The first kappa shape index (κ1) is 10.7. The van der Waals surface area contributed by atoms with Gasteiger partial charge in [0.1, 0.15) is 0 Å². The normalized spacial score (nSPS) is 10.3. The van der Waals surface area contributed by atoms with Crippen LogP contribution in [-0.2, 0) is 9.59 Å². The van der Waals surface area contributed by atoms with Gasteiger partial charge in [0, 0.05) is 12.5 Å². The molecule has 0 amide bonds. The van der Waals surface area contributed by atoms with Gasteiger partial charge in [-0.05, 0) is 19.3 Å². The van der Waals surface area contributed by atoms with E-state index in [-0.39, 0.29) is 6.42 Å². The van der Waals surface area contributed by atoms with Gasteiger partial charge in [-0.15, -0.1) is 0 Å². The van der Waals surface area contributed by atoms with Crippen LogP contribution >= 0.6 is 0 Å². The van der Waals surface area contributed by atoms with Crippen molar-refractivity contribution in [3.8, 4) is 0 Å². The molecule has 0 heterocycles. The minimum absolute atomic E-state index is 0.0981. The molecule has 0 spiro atoms. The van der Waals surface area contributed by atoms with E-state index in [1.807, 2.05) is 0 Å². The van der Waals surface area contributed by atoms with E-state index in [0.717, 1.165) is 6.08 Å². The molecule has 67 valence electrons. The first-order chi connectivity index (χ1) is 5.63. The summed E-state index contributed by atoms with van der Waals surface area (Å²) in [6.07, 6.45) is 5.31. The van der Waals surface area contributed by atoms with E-state index in [1.165, 1.54) is 6.08 Å². The Bertz CT molecular complexity index is 183. The van der Waals surface area contributed by atoms with Crippen LogP contribution in [0.4, 0.5) is 0 Å². The molecule has 4 heteroatoms. The van der Waals surface area contributed by atoms with Crippen molar-refractivity contribution in [3.05, 3.63) is 18.6 Å². The van der Waals surface area contributed by atoms with Crippen molar-refractivity contribution < 1.29 is 19.8 Å². The van der Waals surface area contributed by atoms with Gasteiger partial charge in [-0.2, -0.15) is 0 Å². The number of rotatable bonds is 6. The summed E-state index contributed by atoms with van der Waals surface area (Å²) in [6.45, 7) is 0. The molecular weight excluding hydrogens is 160 g/mol. The number of hydrogen-bond acceptors (Lipinski definition) is 2. The van der Waals surface area contributed by atoms with Crippen LogP contribution in [0.2, 0.25) is 0 Å². The minimum Gasteiger partial charge on any atom is -0.481 e. The van der Waals surface area contributed by atoms with Gasteiger partial charge >= 0.3 is 11.9 Å². The Kier molecular flexibility index (Phi) is 5.69. The molecule has 0 aliphatic rings. The highest BCUT2D eigenvalue weighted by Gasteiger charge is 1.94. The Balaban J connectivity index is 3.21. The smallest absolute Gasteiger partial charge is 0.327 e. The van der Waals surface area contributed by atoms with Crippen LogP contribution in [-0.4, -0.2) is 22.2 Å². The number of unbranched alkanes of at least 4 members (excludes halogenated alkanes) is 2. The van der Waals surface area contributed by atoms with Crippen LogP contribution in [0, 0.1) is 6.42 Å². The maximum Gasteiger partial charge on any atom is 0.327 e. The van der Waals surface area contributed by atoms with E-state index in [9.17, 15) is 9.59 Å². The average Bonchev–Trinajstić information content (AvgIpc) is 1.95. The highest BCUT2D eigenvalue weighted by molar-refractivity contribution is 5.79. The molecule has 0 saturated carbocycles. The van der Waals surface area contributed by atoms with Crippen LogP contribution in [0.25, 0.3) is 0 Å². The van der Waals surface area contributed by atoms with E-state index in [0.29, 0.717) is 12.8 Å². The van der Waals surface area contributed by atoms with Gasteiger partial charge in [-0.3, -0.25) is 4.79 Å². The minimum atomic E-state index is -0.985. The van der Waals surface area contributed by atoms with Gasteiger partial charge < -0.3 is 10.2 Å². The Morgan fingerprint density at radius 2 is 1.92 bits per heavy atom. The maximum atomic E-state index is 10.0. The molecular formula is C8H11O4. The van der Waals surface area contributed by atoms with Crippen molar-refractivity contribution in [1.29, 1.82) is 0 Å². The second-order valence-electron chi connectivity index (χ2n) is 2.20. The predicted octanol–water partition coefficient (Wildman–Crippen LogP) is 1.09. The van der Waals surface area contributed by atoms with Crippen molar-refractivity contribution >= 4 is 11.9 Å². The summed E-state index contributed by atoms with van der Waals surface area (Å²) >= 11 is 0. The lowest BCUT2D eigenvalue weighted by Crippen LogP contribution is -1.93. The molecule has 4 nitrogen and oxygen atoms in total. The second-order valence-corrected chi connectivity index (χ2v) is 2.20. The first-order valence-electron chi connectivity index (χ1n) is 3.56. The molecule has 0 unspecified atom stereocenters. The molecule has 0 aromatic heterocycles. The standard InChI is InChI=1S/C8H11O4/c9-7(10)5-3-1-2-4-6-8(11)12/h1,4,6H,2-3,5H2,(H,9,10)(H,11,12). The Labute approximate surface area is 70.5 Å². The zero-order chi connectivity index (χ0) is 9.40. The van der Waals surface area contributed by atoms with Crippen molar-refractivity contribution in [3.63, 3.8) is 0 Å². The molecule has 0 atom stereocenters. The third-order valence-corrected chi connectivity index (χ3v) is 1.13. The summed E-state index contributed by atoms with van der Waals surface area (Å²) in [6, 6.07) is 0. The van der Waals surface area contributed by atoms with Crippen LogP contribution < -0.4 is 0 Å². The van der Waals surface area contributed by atoms with E-state index in [2.05, 4.69) is 0 Å². The molecule has 0 saturated heterocycles. The fraction of sp³-hybridized carbons (Fsp3) is 0.375. The summed E-state index contributed by atoms with van der Waals surface area (Å²) in [5.41, 5.74) is 0. The SMILES string of the molecule is O=C(O)C=CC[CH]CCC(=O)O. The van der Waals surface area contributed by atoms with E-state index < -0.39 is 11.9 Å². The zero-order valence-electron chi connectivity index (χ0n) is 6.56. The van der Waals surface area contributed by atoms with Gasteiger partial charge in [0.2, 0.25) is 0 Å². The molecule has 0 aliphatic carbocycles. The van der Waals surface area contributed by atoms with Crippen LogP contribution in [0.3, 0.4) is 0 Å². The Morgan fingerprint density at radius 3 is 2.42 bits per heavy atom. The average molecular weight is 171 g/mol. The van der Waals surface area contributed by atoms with Crippen molar-refractivity contribution in [2.24, 2.45) is 0 Å². The zero-order valence-corrected chi connectivity index (χ0v) is 6.56. The van der Waals surface area contributed by atoms with Gasteiger partial charge in [0.05, 0.1) is 0 Å². The Morgan fingerprint density at radius 1 is 1.25 bits per heavy atom. The number of allylic oxidation sites excluding steroid dienone is 1. The third kappa shape index (κ3) is 8.68. The number of carboxylic acids is 2. The monoisotopic (exact) mass is 171 g/mol. The maximum absolute atomic E-state index is 10.0. The molecule has 0 aromatic carbocycles. The molecule has 0 rings (SSSR count). The highest BCUT2D eigenvalue weighted by atomic mass is 16.4. The lowest BCUT2D eigenvalue weighted by molar-refractivity contribution is -0.137. The molecule has 0 aromatic rings. The quantitative estimate of drug-likeness (QED) is 0.463. The largest absolute Gasteiger partial charge is 0.481 e. The van der Waals surface area contributed by atoms with E-state index >= 15 is 0 Å². The highest BCUT2D eigenvalue weighted by Crippen LogP contribution is 1.98. The van der Waals surface area contributed by atoms with Crippen molar-refractivity contribution in [1.82, 2.24) is 0 Å². The number of carbonyl (C=O) groups is 2. The summed E-state index contributed by atoms with van der Waals surface area (Å²) in [5.74, 6) is -1.82. The molecule has 1 radical (unpaired) electrons. The van der Waals surface area contributed by atoms with E-state index in [4.69, 9.17) is 10.2 Å². The molecule has 0 fully saturated rings. The van der Waals surface area contributed by atoms with Gasteiger partial charge in [-0.25, -0.2) is 4.79 Å². The molecule has 0 bridgehead atoms. The molecule has 0 aliphatic heterocycles. The van der Waals surface area contributed by atoms with Crippen LogP contribution in [0.15, 0.2) is 12.2 Å². The lowest BCUT2D eigenvalue weighted by Gasteiger charge is -1.91. The predicted molar refractivity (Wildman–Crippen MR) is 42.6 cm³/mol. The summed E-state index contributed by atoms with van der Waals surface area (Å²) in [4.78, 5) is 20.0. The first-order valence-corrected chi connectivity index (χ1v) is 3.56. The van der Waals surface area contributed by atoms with Gasteiger partial charge in [-0.1, -0.05) is 6.08 Å². The van der Waals surface area contributed by atoms with Crippen molar-refractivity contribution in [2.75, 3.05) is 0 Å². The molecule has 12 heavy (non-hydrogen) atoms. The van der Waals surface area contributed by atoms with Crippen LogP contribution in [0.5, 0.6) is 0 Å². The topological polar surface area (TPSA) is 74.6 Å². The van der Waals surface area contributed by atoms with Gasteiger partial charge in [0.25, 0.3) is 0 Å². The fourth-order valence-corrected chi connectivity index (χ4v) is 0.608. The second kappa shape index (κ2) is 6.39. The third-order valence-electron chi connectivity index (χ3n) is 1.13. The van der Waals surface area contributed by atoms with Crippen molar-refractivity contribution in [2.45, 2.75) is 19.3 Å². The summed E-state index contributed by atoms with van der Waals surface area (Å²) in [7, 11) is 0. The van der Waals surface area contributed by atoms with E-state index in [1.54, 1.807) is 6.42 Å². The molecule has 2 N–H and O–H groups in total. The fourth-order valence-electron chi connectivity index (χ4n) is 0.608. The summed E-state index contributed by atoms with van der Waals surface area (Å²) in [5, 5.41) is 16.4. The number of aliphatic carboxylic acids is 2.